The molecule has 0 bridgehead atoms. The number of benzene rings is 3. The molecule has 10 heteroatoms. The van der Waals surface area contributed by atoms with Gasteiger partial charge in [-0.05, 0) is 45.8 Å². The molecule has 3 N–H and O–H groups in total. The Morgan fingerprint density at radius 3 is 2.67 bits per heavy atom. The number of aromatic hydroxyl groups is 2. The highest BCUT2D eigenvalue weighted by Crippen LogP contribution is 2.42. The molecule has 1 aliphatic heterocycles. The molecule has 0 spiro atoms. The fourth-order valence-electron chi connectivity index (χ4n) is 3.37. The van der Waals surface area contributed by atoms with Crippen LogP contribution in [-0.2, 0) is 5.75 Å². The minimum atomic E-state index is -0.701. The minimum absolute atomic E-state index is 0.240. The van der Waals surface area contributed by atoms with Crippen molar-refractivity contribution in [2.75, 3.05) is 5.32 Å². The molecule has 7 nitrogen and oxygen atoms in total. The van der Waals surface area contributed by atoms with Crippen LogP contribution in [0.5, 0.6) is 17.4 Å². The number of nitrogens with one attached hydrogen (secondary N) is 1. The molecule has 5 rings (SSSR count). The number of rotatable bonds is 4. The van der Waals surface area contributed by atoms with E-state index in [0.717, 1.165) is 16.8 Å². The molecule has 166 valence electrons. The molecule has 2 heterocycles. The summed E-state index contributed by atoms with van der Waals surface area (Å²) in [6.45, 7) is 0. The zero-order valence-corrected chi connectivity index (χ0v) is 20.0. The van der Waals surface area contributed by atoms with E-state index in [1.807, 2.05) is 48.5 Å². The van der Waals surface area contributed by atoms with Crippen molar-refractivity contribution < 1.29 is 14.9 Å². The van der Waals surface area contributed by atoms with Crippen molar-refractivity contribution in [1.82, 2.24) is 15.2 Å². The third-order valence-electron chi connectivity index (χ3n) is 5.02. The number of ether oxygens (including phenoxy) is 1. The van der Waals surface area contributed by atoms with Crippen LogP contribution in [0.25, 0.3) is 11.3 Å². The number of hydrogen-bond acceptors (Lipinski definition) is 8. The van der Waals surface area contributed by atoms with E-state index in [-0.39, 0.29) is 11.5 Å². The molecule has 33 heavy (non-hydrogen) atoms. The molecule has 0 radical (unpaired) electrons. The first-order chi connectivity index (χ1) is 16.0. The summed E-state index contributed by atoms with van der Waals surface area (Å²) in [7, 11) is 0. The Balaban J connectivity index is 1.52. The number of halogens is 2. The molecule has 0 fully saturated rings. The van der Waals surface area contributed by atoms with Crippen molar-refractivity contribution in [2.45, 2.75) is 17.1 Å². The molecular weight excluding hydrogens is 528 g/mol. The number of para-hydroxylation sites is 1. The van der Waals surface area contributed by atoms with Gasteiger partial charge < -0.3 is 20.3 Å². The first-order valence-electron chi connectivity index (χ1n) is 9.84. The summed E-state index contributed by atoms with van der Waals surface area (Å²) in [5.41, 5.74) is 3.63. The summed E-state index contributed by atoms with van der Waals surface area (Å²) in [5, 5.41) is 33.1. The van der Waals surface area contributed by atoms with Gasteiger partial charge in [0.1, 0.15) is 0 Å². The number of nitrogens with zero attached hydrogens (tertiary/aromatic N) is 3. The van der Waals surface area contributed by atoms with E-state index in [0.29, 0.717) is 37.5 Å². The molecule has 1 aromatic heterocycles. The van der Waals surface area contributed by atoms with E-state index in [9.17, 15) is 10.2 Å². The normalized spacial score (nSPS) is 14.4. The van der Waals surface area contributed by atoms with Crippen LogP contribution in [0.4, 0.5) is 5.69 Å². The second kappa shape index (κ2) is 9.09. The highest BCUT2D eigenvalue weighted by molar-refractivity contribution is 9.10. The Morgan fingerprint density at radius 1 is 1.06 bits per heavy atom. The minimum Gasteiger partial charge on any atom is -0.504 e. The first-order valence-corrected chi connectivity index (χ1v) is 12.0. The first kappa shape index (κ1) is 21.8. The van der Waals surface area contributed by atoms with Crippen LogP contribution in [0.2, 0.25) is 5.02 Å². The van der Waals surface area contributed by atoms with Gasteiger partial charge in [-0.15, -0.1) is 10.2 Å². The Kier molecular flexibility index (Phi) is 6.01. The third-order valence-corrected chi connectivity index (χ3v) is 6.88. The van der Waals surface area contributed by atoms with Gasteiger partial charge in [0.25, 0.3) is 0 Å². The van der Waals surface area contributed by atoms with E-state index in [4.69, 9.17) is 16.3 Å². The molecule has 1 atom stereocenters. The maximum absolute atomic E-state index is 10.1. The lowest BCUT2D eigenvalue weighted by molar-refractivity contribution is 0.224. The number of thioether (sulfide) groups is 1. The van der Waals surface area contributed by atoms with Gasteiger partial charge in [0.2, 0.25) is 11.0 Å². The van der Waals surface area contributed by atoms with E-state index in [1.165, 1.54) is 17.8 Å². The summed E-state index contributed by atoms with van der Waals surface area (Å²) in [4.78, 5) is 4.62. The van der Waals surface area contributed by atoms with E-state index >= 15 is 0 Å². The van der Waals surface area contributed by atoms with Crippen molar-refractivity contribution in [3.8, 4) is 28.6 Å². The average molecular weight is 544 g/mol. The van der Waals surface area contributed by atoms with Gasteiger partial charge in [-0.2, -0.15) is 4.98 Å². The van der Waals surface area contributed by atoms with Gasteiger partial charge >= 0.3 is 0 Å². The summed E-state index contributed by atoms with van der Waals surface area (Å²) in [6, 6.07) is 18.3. The smallest absolute Gasteiger partial charge is 0.247 e. The van der Waals surface area contributed by atoms with E-state index in [2.05, 4.69) is 36.4 Å². The lowest BCUT2D eigenvalue weighted by Crippen LogP contribution is -2.17. The maximum atomic E-state index is 10.1. The lowest BCUT2D eigenvalue weighted by Gasteiger charge is -2.20. The fraction of sp³-hybridized carbons (Fsp3) is 0.0870. The molecule has 0 saturated carbocycles. The highest BCUT2D eigenvalue weighted by atomic mass is 79.9. The van der Waals surface area contributed by atoms with Gasteiger partial charge in [-0.25, -0.2) is 0 Å². The van der Waals surface area contributed by atoms with Crippen LogP contribution in [-0.4, -0.2) is 25.4 Å². The summed E-state index contributed by atoms with van der Waals surface area (Å²) in [5.74, 6) is 0.379. The Morgan fingerprint density at radius 2 is 1.85 bits per heavy atom. The monoisotopic (exact) mass is 542 g/mol. The zero-order chi connectivity index (χ0) is 22.9. The molecule has 0 amide bonds. The number of phenolic OH excluding ortho intramolecular Hbond substituents is 2. The van der Waals surface area contributed by atoms with Crippen LogP contribution in [0.3, 0.4) is 0 Å². The summed E-state index contributed by atoms with van der Waals surface area (Å²) in [6.07, 6.45) is -0.701. The van der Waals surface area contributed by atoms with E-state index < -0.39 is 6.23 Å². The van der Waals surface area contributed by atoms with Crippen LogP contribution in [0, 0.1) is 0 Å². The second-order valence-corrected chi connectivity index (χ2v) is 9.39. The predicted octanol–water partition coefficient (Wildman–Crippen LogP) is 6.16. The van der Waals surface area contributed by atoms with Gasteiger partial charge in [0.15, 0.2) is 23.4 Å². The predicted molar refractivity (Wildman–Crippen MR) is 131 cm³/mol. The number of hydrogen-bond donors (Lipinski definition) is 3. The van der Waals surface area contributed by atoms with Gasteiger partial charge in [0, 0.05) is 27.6 Å². The van der Waals surface area contributed by atoms with Crippen LogP contribution >= 0.6 is 39.3 Å². The number of fused-ring (bicyclic) bond motifs is 3. The fourth-order valence-corrected chi connectivity index (χ4v) is 4.90. The third kappa shape index (κ3) is 4.44. The van der Waals surface area contributed by atoms with Gasteiger partial charge in [-0.3, -0.25) is 0 Å². The quantitative estimate of drug-likeness (QED) is 0.208. The van der Waals surface area contributed by atoms with Crippen molar-refractivity contribution in [2.24, 2.45) is 0 Å². The van der Waals surface area contributed by atoms with Crippen LogP contribution in [0.15, 0.2) is 70.3 Å². The Hall–Kier alpha value is -3.01. The molecular formula is C23H16BrClN4O3S. The Bertz CT molecular complexity index is 1330. The Labute approximate surface area is 206 Å². The van der Waals surface area contributed by atoms with Crippen LogP contribution < -0.4 is 10.1 Å². The van der Waals surface area contributed by atoms with Crippen molar-refractivity contribution >= 4 is 45.0 Å². The maximum Gasteiger partial charge on any atom is 0.247 e. The van der Waals surface area contributed by atoms with Crippen molar-refractivity contribution in [1.29, 1.82) is 0 Å². The average Bonchev–Trinajstić information content (AvgIpc) is 2.98. The number of aromatic nitrogens is 3. The standard InChI is InChI=1S/C23H16BrClN4O3S/c24-15-9-13(10-18(30)20(15)31)21-26-17-8-4-2-6-14(17)19-22(32-21)27-23(29-28-19)33-11-12-5-1-3-7-16(12)25/h1-10,21,26,30-31H,11H2. The zero-order valence-electron chi connectivity index (χ0n) is 16.9. The summed E-state index contributed by atoms with van der Waals surface area (Å²) >= 11 is 10.9. The number of phenols is 2. The summed E-state index contributed by atoms with van der Waals surface area (Å²) < 4.78 is 6.56. The van der Waals surface area contributed by atoms with Crippen LogP contribution in [0.1, 0.15) is 17.4 Å². The molecule has 4 aromatic rings. The largest absolute Gasteiger partial charge is 0.504 e. The molecule has 0 saturated heterocycles. The highest BCUT2D eigenvalue weighted by Gasteiger charge is 2.27. The number of anilines is 1. The SMILES string of the molecule is Oc1cc(C2Nc3ccccc3-c3nnc(SCc4ccccc4Cl)nc3O2)cc(Br)c1O. The van der Waals surface area contributed by atoms with Gasteiger partial charge in [0.05, 0.1) is 4.47 Å². The topological polar surface area (TPSA) is 100 Å². The molecule has 3 aromatic carbocycles. The lowest BCUT2D eigenvalue weighted by atomic mass is 10.1. The van der Waals surface area contributed by atoms with Crippen molar-refractivity contribution in [3.63, 3.8) is 0 Å². The molecule has 1 aliphatic rings. The second-order valence-electron chi connectivity index (χ2n) is 7.19. The van der Waals surface area contributed by atoms with Crippen molar-refractivity contribution in [3.05, 3.63) is 81.3 Å². The van der Waals surface area contributed by atoms with E-state index in [1.54, 1.807) is 6.07 Å². The molecule has 0 aliphatic carbocycles. The van der Waals surface area contributed by atoms with Gasteiger partial charge in [-0.1, -0.05) is 59.8 Å². The molecule has 1 unspecified atom stereocenters.